The highest BCUT2D eigenvalue weighted by Gasteiger charge is 2.14. The van der Waals surface area contributed by atoms with E-state index in [4.69, 9.17) is 5.53 Å². The lowest BCUT2D eigenvalue weighted by molar-refractivity contribution is 0.603. The van der Waals surface area contributed by atoms with Crippen molar-refractivity contribution in [3.8, 4) is 0 Å². The number of nitrogens with zero attached hydrogens (tertiary/aromatic N) is 4. The lowest BCUT2D eigenvalue weighted by Gasteiger charge is -2.10. The Morgan fingerprint density at radius 2 is 2.31 bits per heavy atom. The second kappa shape index (κ2) is 4.86. The van der Waals surface area contributed by atoms with Crippen LogP contribution in [0.4, 0.5) is 0 Å². The summed E-state index contributed by atoms with van der Waals surface area (Å²) in [6.07, 6.45) is 3.93. The van der Waals surface area contributed by atoms with Gasteiger partial charge in [-0.3, -0.25) is 4.79 Å². The normalized spacial score (nSPS) is 13.2. The third kappa shape index (κ3) is 2.09. The van der Waals surface area contributed by atoms with Gasteiger partial charge in [-0.15, -0.1) is 0 Å². The molecule has 1 aliphatic rings. The van der Waals surface area contributed by atoms with Gasteiger partial charge in [0.15, 0.2) is 0 Å². The predicted molar refractivity (Wildman–Crippen MR) is 61.4 cm³/mol. The fourth-order valence-corrected chi connectivity index (χ4v) is 2.22. The van der Waals surface area contributed by atoms with E-state index in [0.29, 0.717) is 13.1 Å². The summed E-state index contributed by atoms with van der Waals surface area (Å²) >= 11 is 0. The van der Waals surface area contributed by atoms with Crippen LogP contribution in [0, 0.1) is 0 Å². The Morgan fingerprint density at radius 1 is 1.44 bits per heavy atom. The third-order valence-electron chi connectivity index (χ3n) is 2.95. The number of hydrogen-bond acceptors (Lipinski definition) is 2. The maximum absolute atomic E-state index is 11.7. The summed E-state index contributed by atoms with van der Waals surface area (Å²) in [6.45, 7) is 1.10. The van der Waals surface area contributed by atoms with Crippen LogP contribution in [-0.4, -0.2) is 11.1 Å². The smallest absolute Gasteiger partial charge is 0.250 e. The van der Waals surface area contributed by atoms with Crippen LogP contribution in [-0.2, 0) is 19.4 Å². The van der Waals surface area contributed by atoms with Crippen molar-refractivity contribution in [1.82, 2.24) is 4.57 Å². The molecule has 1 aromatic heterocycles. The Kier molecular flexibility index (Phi) is 3.27. The molecule has 84 valence electrons. The molecule has 0 fully saturated rings. The van der Waals surface area contributed by atoms with Gasteiger partial charge in [0.2, 0.25) is 0 Å². The van der Waals surface area contributed by atoms with Crippen molar-refractivity contribution in [1.29, 1.82) is 0 Å². The van der Waals surface area contributed by atoms with E-state index < -0.39 is 0 Å². The van der Waals surface area contributed by atoms with Crippen molar-refractivity contribution in [2.75, 3.05) is 6.54 Å². The number of hydrogen-bond donors (Lipinski definition) is 0. The van der Waals surface area contributed by atoms with Gasteiger partial charge in [-0.2, -0.15) is 0 Å². The minimum atomic E-state index is 0.0570. The molecular formula is C11H14N4O. The molecule has 0 amide bonds. The monoisotopic (exact) mass is 218 g/mol. The minimum Gasteiger partial charge on any atom is -0.312 e. The van der Waals surface area contributed by atoms with Gasteiger partial charge < -0.3 is 4.57 Å². The molecule has 0 N–H and O–H groups in total. The minimum absolute atomic E-state index is 0.0570. The van der Waals surface area contributed by atoms with Crippen LogP contribution in [0.5, 0.6) is 0 Å². The zero-order valence-electron chi connectivity index (χ0n) is 9.09. The molecule has 0 saturated carbocycles. The van der Waals surface area contributed by atoms with Gasteiger partial charge in [-0.25, -0.2) is 0 Å². The number of pyridine rings is 1. The van der Waals surface area contributed by atoms with Crippen LogP contribution in [0.2, 0.25) is 0 Å². The van der Waals surface area contributed by atoms with E-state index in [1.807, 2.05) is 10.6 Å². The Hall–Kier alpha value is -1.74. The van der Waals surface area contributed by atoms with Gasteiger partial charge in [-0.1, -0.05) is 11.2 Å². The topological polar surface area (TPSA) is 70.8 Å². The van der Waals surface area contributed by atoms with Gasteiger partial charge in [0, 0.05) is 29.8 Å². The van der Waals surface area contributed by atoms with Crippen molar-refractivity contribution >= 4 is 0 Å². The van der Waals surface area contributed by atoms with Gasteiger partial charge in [-0.05, 0) is 36.8 Å². The molecule has 0 aromatic carbocycles. The highest BCUT2D eigenvalue weighted by atomic mass is 16.1. The molecule has 0 unspecified atom stereocenters. The highest BCUT2D eigenvalue weighted by Crippen LogP contribution is 2.19. The molecule has 0 atom stereocenters. The maximum atomic E-state index is 11.7. The fraction of sp³-hybridized carbons (Fsp3) is 0.545. The molecule has 1 heterocycles. The van der Waals surface area contributed by atoms with Crippen LogP contribution < -0.4 is 5.56 Å². The molecular weight excluding hydrogens is 204 g/mol. The predicted octanol–water partition coefficient (Wildman–Crippen LogP) is 2.04. The van der Waals surface area contributed by atoms with E-state index >= 15 is 0 Å². The summed E-state index contributed by atoms with van der Waals surface area (Å²) < 4.78 is 1.83. The SMILES string of the molecule is [N-]=[N+]=NCCCn1c2c(ccc1=O)CCC2. The molecule has 0 radical (unpaired) electrons. The first kappa shape index (κ1) is 10.8. The van der Waals surface area contributed by atoms with E-state index in [9.17, 15) is 4.79 Å². The molecule has 16 heavy (non-hydrogen) atoms. The van der Waals surface area contributed by atoms with Crippen LogP contribution in [0.25, 0.3) is 10.4 Å². The number of rotatable bonds is 4. The molecule has 5 heteroatoms. The van der Waals surface area contributed by atoms with Crippen LogP contribution >= 0.6 is 0 Å². The van der Waals surface area contributed by atoms with Gasteiger partial charge in [0.1, 0.15) is 0 Å². The number of azide groups is 1. The molecule has 0 bridgehead atoms. The van der Waals surface area contributed by atoms with Crippen molar-refractivity contribution in [3.05, 3.63) is 44.2 Å². The Balaban J connectivity index is 2.16. The first-order valence-corrected chi connectivity index (χ1v) is 5.55. The number of aryl methyl sites for hydroxylation is 1. The Labute approximate surface area is 93.3 Å². The van der Waals surface area contributed by atoms with Crippen LogP contribution in [0.3, 0.4) is 0 Å². The molecule has 5 nitrogen and oxygen atoms in total. The molecule has 0 aliphatic heterocycles. The van der Waals surface area contributed by atoms with E-state index in [2.05, 4.69) is 10.0 Å². The molecule has 2 rings (SSSR count). The third-order valence-corrected chi connectivity index (χ3v) is 2.95. The summed E-state index contributed by atoms with van der Waals surface area (Å²) in [5.41, 5.74) is 10.7. The van der Waals surface area contributed by atoms with E-state index in [1.54, 1.807) is 6.07 Å². The van der Waals surface area contributed by atoms with E-state index in [-0.39, 0.29) is 5.56 Å². The van der Waals surface area contributed by atoms with Crippen molar-refractivity contribution in [3.63, 3.8) is 0 Å². The summed E-state index contributed by atoms with van der Waals surface area (Å²) in [7, 11) is 0. The van der Waals surface area contributed by atoms with Crippen molar-refractivity contribution in [2.24, 2.45) is 5.11 Å². The summed E-state index contributed by atoms with van der Waals surface area (Å²) in [5.74, 6) is 0. The largest absolute Gasteiger partial charge is 0.312 e. The van der Waals surface area contributed by atoms with Gasteiger partial charge in [0.05, 0.1) is 0 Å². The first-order valence-electron chi connectivity index (χ1n) is 5.55. The molecule has 0 spiro atoms. The molecule has 0 saturated heterocycles. The van der Waals surface area contributed by atoms with E-state index in [1.165, 1.54) is 11.3 Å². The van der Waals surface area contributed by atoms with Crippen molar-refractivity contribution in [2.45, 2.75) is 32.2 Å². The summed E-state index contributed by atoms with van der Waals surface area (Å²) in [4.78, 5) is 14.4. The average molecular weight is 218 g/mol. The van der Waals surface area contributed by atoms with E-state index in [0.717, 1.165) is 25.7 Å². The number of aromatic nitrogens is 1. The lowest BCUT2D eigenvalue weighted by Crippen LogP contribution is -2.23. The molecule has 1 aromatic rings. The highest BCUT2D eigenvalue weighted by molar-refractivity contribution is 5.25. The standard InChI is InChI=1S/C11H14N4O/c12-14-13-7-2-8-15-10-4-1-3-9(10)5-6-11(15)16/h5-6H,1-4,7-8H2. The van der Waals surface area contributed by atoms with Gasteiger partial charge in [0.25, 0.3) is 5.56 Å². The Morgan fingerprint density at radius 3 is 3.12 bits per heavy atom. The number of fused-ring (bicyclic) bond motifs is 1. The molecule has 1 aliphatic carbocycles. The average Bonchev–Trinajstić information content (AvgIpc) is 2.75. The quantitative estimate of drug-likeness (QED) is 0.330. The maximum Gasteiger partial charge on any atom is 0.250 e. The fourth-order valence-electron chi connectivity index (χ4n) is 2.22. The van der Waals surface area contributed by atoms with Gasteiger partial charge >= 0.3 is 0 Å². The summed E-state index contributed by atoms with van der Waals surface area (Å²) in [5, 5.41) is 3.48. The first-order chi connectivity index (χ1) is 7.83. The lowest BCUT2D eigenvalue weighted by atomic mass is 10.2. The van der Waals surface area contributed by atoms with Crippen LogP contribution in [0.1, 0.15) is 24.1 Å². The zero-order chi connectivity index (χ0) is 11.4. The zero-order valence-corrected chi connectivity index (χ0v) is 9.09. The second-order valence-corrected chi connectivity index (χ2v) is 3.96. The Bertz CT molecular complexity index is 485. The second-order valence-electron chi connectivity index (χ2n) is 3.96. The summed E-state index contributed by atoms with van der Waals surface area (Å²) in [6, 6.07) is 3.58. The van der Waals surface area contributed by atoms with Crippen LogP contribution in [0.15, 0.2) is 22.0 Å². The van der Waals surface area contributed by atoms with Crippen molar-refractivity contribution < 1.29 is 0 Å².